The molecule has 0 radical (unpaired) electrons. The number of amides is 1. The molecule has 22 heavy (non-hydrogen) atoms. The fourth-order valence-corrected chi connectivity index (χ4v) is 2.79. The molecule has 1 fully saturated rings. The number of hydrogen-bond acceptors (Lipinski definition) is 3. The number of nitrogens with zero attached hydrogens (tertiary/aromatic N) is 2. The van der Waals surface area contributed by atoms with E-state index in [-0.39, 0.29) is 5.91 Å². The van der Waals surface area contributed by atoms with E-state index in [1.807, 2.05) is 42.2 Å². The van der Waals surface area contributed by atoms with Crippen LogP contribution < -0.4 is 0 Å². The van der Waals surface area contributed by atoms with E-state index in [2.05, 4.69) is 4.90 Å². The van der Waals surface area contributed by atoms with Crippen molar-refractivity contribution >= 4 is 17.5 Å². The lowest BCUT2D eigenvalue weighted by atomic mass is 10.2. The summed E-state index contributed by atoms with van der Waals surface area (Å²) in [5.41, 5.74) is 1.24. The van der Waals surface area contributed by atoms with Gasteiger partial charge in [-0.15, -0.1) is 0 Å². The largest absolute Gasteiger partial charge is 0.456 e. The van der Waals surface area contributed by atoms with Crippen molar-refractivity contribution in [2.75, 3.05) is 26.2 Å². The summed E-state index contributed by atoms with van der Waals surface area (Å²) < 4.78 is 5.41. The van der Waals surface area contributed by atoms with Crippen LogP contribution in [-0.2, 0) is 6.54 Å². The Morgan fingerprint density at radius 3 is 2.36 bits per heavy atom. The normalized spacial score (nSPS) is 16.0. The molecule has 0 N–H and O–H groups in total. The molecule has 0 aliphatic carbocycles. The highest BCUT2D eigenvalue weighted by molar-refractivity contribution is 6.30. The van der Waals surface area contributed by atoms with Crippen LogP contribution in [0.1, 0.15) is 21.9 Å². The summed E-state index contributed by atoms with van der Waals surface area (Å²) >= 11 is 5.90. The van der Waals surface area contributed by atoms with Crippen LogP contribution in [0.3, 0.4) is 0 Å². The number of furan rings is 1. The van der Waals surface area contributed by atoms with Gasteiger partial charge in [-0.1, -0.05) is 23.7 Å². The zero-order valence-electron chi connectivity index (χ0n) is 12.6. The molecule has 1 aliphatic heterocycles. The SMILES string of the molecule is Cc1ccc(C(=O)N2CCN(Cc3ccc(Cl)cc3)CC2)o1. The minimum Gasteiger partial charge on any atom is -0.456 e. The summed E-state index contributed by atoms with van der Waals surface area (Å²) in [4.78, 5) is 16.5. The third-order valence-corrected chi connectivity index (χ3v) is 4.18. The fourth-order valence-electron chi connectivity index (χ4n) is 2.66. The molecule has 0 unspecified atom stereocenters. The second-order valence-corrected chi connectivity index (χ2v) is 6.04. The molecular weight excluding hydrogens is 300 g/mol. The summed E-state index contributed by atoms with van der Waals surface area (Å²) in [6.07, 6.45) is 0. The van der Waals surface area contributed by atoms with Crippen molar-refractivity contribution in [1.29, 1.82) is 0 Å². The molecule has 3 rings (SSSR count). The first-order valence-electron chi connectivity index (χ1n) is 7.44. The zero-order chi connectivity index (χ0) is 15.5. The third kappa shape index (κ3) is 3.51. The van der Waals surface area contributed by atoms with E-state index < -0.39 is 0 Å². The van der Waals surface area contributed by atoms with Crippen molar-refractivity contribution in [3.8, 4) is 0 Å². The van der Waals surface area contributed by atoms with E-state index in [0.29, 0.717) is 5.76 Å². The van der Waals surface area contributed by atoms with E-state index in [0.717, 1.165) is 43.5 Å². The van der Waals surface area contributed by atoms with Crippen molar-refractivity contribution in [3.63, 3.8) is 0 Å². The first-order chi connectivity index (χ1) is 10.6. The smallest absolute Gasteiger partial charge is 0.289 e. The van der Waals surface area contributed by atoms with Crippen LogP contribution in [0.15, 0.2) is 40.8 Å². The summed E-state index contributed by atoms with van der Waals surface area (Å²) in [6.45, 7) is 5.93. The van der Waals surface area contributed by atoms with E-state index in [1.54, 1.807) is 6.07 Å². The lowest BCUT2D eigenvalue weighted by molar-refractivity contribution is 0.0596. The highest BCUT2D eigenvalue weighted by Crippen LogP contribution is 2.15. The van der Waals surface area contributed by atoms with Gasteiger partial charge in [0.2, 0.25) is 0 Å². The van der Waals surface area contributed by atoms with Gasteiger partial charge in [-0.25, -0.2) is 0 Å². The van der Waals surface area contributed by atoms with Crippen molar-refractivity contribution in [3.05, 3.63) is 58.5 Å². The van der Waals surface area contributed by atoms with Crippen LogP contribution in [0.2, 0.25) is 5.02 Å². The van der Waals surface area contributed by atoms with Crippen LogP contribution in [0.25, 0.3) is 0 Å². The first kappa shape index (κ1) is 15.1. The zero-order valence-corrected chi connectivity index (χ0v) is 13.3. The van der Waals surface area contributed by atoms with Crippen LogP contribution in [0.5, 0.6) is 0 Å². The molecule has 1 aliphatic rings. The van der Waals surface area contributed by atoms with Gasteiger partial charge in [-0.3, -0.25) is 9.69 Å². The monoisotopic (exact) mass is 318 g/mol. The number of hydrogen-bond donors (Lipinski definition) is 0. The fraction of sp³-hybridized carbons (Fsp3) is 0.353. The van der Waals surface area contributed by atoms with Gasteiger partial charge < -0.3 is 9.32 Å². The Bertz CT molecular complexity index is 643. The van der Waals surface area contributed by atoms with Crippen LogP contribution in [-0.4, -0.2) is 41.9 Å². The minimum absolute atomic E-state index is 0.0146. The molecular formula is C17H19ClN2O2. The highest BCUT2D eigenvalue weighted by Gasteiger charge is 2.23. The number of benzene rings is 1. The van der Waals surface area contributed by atoms with Crippen LogP contribution in [0.4, 0.5) is 0 Å². The molecule has 0 spiro atoms. The molecule has 2 heterocycles. The molecule has 1 aromatic carbocycles. The number of halogens is 1. The topological polar surface area (TPSA) is 36.7 Å². The molecule has 4 nitrogen and oxygen atoms in total. The maximum Gasteiger partial charge on any atom is 0.289 e. The molecule has 1 amide bonds. The van der Waals surface area contributed by atoms with Crippen LogP contribution in [0, 0.1) is 6.92 Å². The summed E-state index contributed by atoms with van der Waals surface area (Å²) in [5.74, 6) is 1.19. The molecule has 0 bridgehead atoms. The molecule has 1 aromatic heterocycles. The predicted molar refractivity (Wildman–Crippen MR) is 86.1 cm³/mol. The molecule has 1 saturated heterocycles. The number of rotatable bonds is 3. The van der Waals surface area contributed by atoms with Gasteiger partial charge >= 0.3 is 0 Å². The van der Waals surface area contributed by atoms with E-state index in [4.69, 9.17) is 16.0 Å². The average Bonchev–Trinajstić information content (AvgIpc) is 2.96. The number of aryl methyl sites for hydroxylation is 1. The average molecular weight is 319 g/mol. The van der Waals surface area contributed by atoms with Crippen molar-refractivity contribution in [1.82, 2.24) is 9.80 Å². The Kier molecular flexibility index (Phi) is 4.50. The van der Waals surface area contributed by atoms with Gasteiger partial charge in [0.1, 0.15) is 5.76 Å². The van der Waals surface area contributed by atoms with Crippen molar-refractivity contribution in [2.45, 2.75) is 13.5 Å². The Labute approximate surface area is 135 Å². The molecule has 2 aromatic rings. The van der Waals surface area contributed by atoms with Crippen molar-refractivity contribution < 1.29 is 9.21 Å². The third-order valence-electron chi connectivity index (χ3n) is 3.93. The van der Waals surface area contributed by atoms with Gasteiger partial charge in [0.25, 0.3) is 5.91 Å². The quantitative estimate of drug-likeness (QED) is 0.872. The summed E-state index contributed by atoms with van der Waals surface area (Å²) in [6, 6.07) is 11.5. The molecule has 116 valence electrons. The molecule has 0 atom stereocenters. The van der Waals surface area contributed by atoms with Gasteiger partial charge in [0.15, 0.2) is 5.76 Å². The van der Waals surface area contributed by atoms with Gasteiger partial charge in [0, 0.05) is 37.7 Å². The summed E-state index contributed by atoms with van der Waals surface area (Å²) in [5, 5.41) is 0.757. The lowest BCUT2D eigenvalue weighted by Gasteiger charge is -2.34. The second-order valence-electron chi connectivity index (χ2n) is 5.61. The van der Waals surface area contributed by atoms with E-state index in [1.165, 1.54) is 5.56 Å². The molecule has 0 saturated carbocycles. The minimum atomic E-state index is -0.0146. The maximum absolute atomic E-state index is 12.3. The lowest BCUT2D eigenvalue weighted by Crippen LogP contribution is -2.48. The van der Waals surface area contributed by atoms with Gasteiger partial charge in [-0.05, 0) is 36.8 Å². The Balaban J connectivity index is 1.54. The Morgan fingerprint density at radius 1 is 1.09 bits per heavy atom. The van der Waals surface area contributed by atoms with E-state index >= 15 is 0 Å². The highest BCUT2D eigenvalue weighted by atomic mass is 35.5. The number of piperazine rings is 1. The van der Waals surface area contributed by atoms with Gasteiger partial charge in [-0.2, -0.15) is 0 Å². The van der Waals surface area contributed by atoms with Crippen LogP contribution >= 0.6 is 11.6 Å². The molecule has 5 heteroatoms. The number of carbonyl (C=O) groups is 1. The first-order valence-corrected chi connectivity index (χ1v) is 7.82. The van der Waals surface area contributed by atoms with Crippen molar-refractivity contribution in [2.24, 2.45) is 0 Å². The standard InChI is InChI=1S/C17H19ClN2O2/c1-13-2-7-16(22-13)17(21)20-10-8-19(9-11-20)12-14-3-5-15(18)6-4-14/h2-7H,8-12H2,1H3. The van der Waals surface area contributed by atoms with E-state index in [9.17, 15) is 4.79 Å². The summed E-state index contributed by atoms with van der Waals surface area (Å²) in [7, 11) is 0. The Morgan fingerprint density at radius 2 is 1.77 bits per heavy atom. The predicted octanol–water partition coefficient (Wildman–Crippen LogP) is 3.20. The second kappa shape index (κ2) is 6.55. The Hall–Kier alpha value is -1.78. The maximum atomic E-state index is 12.3. The number of carbonyl (C=O) groups excluding carboxylic acids is 1. The van der Waals surface area contributed by atoms with Gasteiger partial charge in [0.05, 0.1) is 0 Å².